The second kappa shape index (κ2) is 26.4. The molecule has 14 rings (SSSR count). The van der Waals surface area contributed by atoms with Crippen molar-refractivity contribution in [3.63, 3.8) is 0 Å². The average Bonchev–Trinajstić information content (AvgIpc) is 1.55. The van der Waals surface area contributed by atoms with Crippen LogP contribution in [0.15, 0.2) is 82.9 Å². The minimum Gasteiger partial charge on any atom is -0.484 e. The number of nitrogens with zero attached hydrogens (tertiary/aromatic N) is 9. The first-order chi connectivity index (χ1) is 48.8. The SMILES string of the molecule is C[C@H](Oc1ccc(S(C)(=O)=O)cc1C(=O)N1CC2CC2(c2noc(C3(C)COC3)n2)C1)C(C)(F)F.C[C@H](Oc1ccc(S(C)(=O)=O)cc1C(=O)N1CC2CC2(c2noc(C3CC(F)(F)C3)n2)C1)C(C)(F)F.C[C@H](Oc1ccc(S(C)(=O)=O)cc1C(=O)N1CC2CC2(c2noc(CC(F)(F)F)n2)C1)C(C)(F)F. The summed E-state index contributed by atoms with van der Waals surface area (Å²) < 4.78 is 256. The molecule has 9 atom stereocenters. The Hall–Kier alpha value is -8.07. The highest BCUT2D eigenvalue weighted by Gasteiger charge is 2.67. The van der Waals surface area contributed by atoms with E-state index < -0.39 is 130 Å². The average molecular weight is 1570 g/mol. The van der Waals surface area contributed by atoms with E-state index in [1.807, 2.05) is 6.92 Å². The maximum Gasteiger partial charge on any atom is 0.397 e. The predicted molar refractivity (Wildman–Crippen MR) is 346 cm³/mol. The van der Waals surface area contributed by atoms with E-state index in [1.165, 1.54) is 47.1 Å². The molecule has 3 aromatic carbocycles. The molecule has 6 aromatic rings. The zero-order chi connectivity index (χ0) is 77.6. The molecule has 0 N–H and O–H groups in total. The lowest BCUT2D eigenvalue weighted by molar-refractivity contribution is -0.131. The van der Waals surface area contributed by atoms with E-state index in [9.17, 15) is 87.9 Å². The lowest BCUT2D eigenvalue weighted by atomic mass is 9.81. The normalized spacial score (nSPS) is 25.2. The molecule has 0 spiro atoms. The van der Waals surface area contributed by atoms with E-state index >= 15 is 0 Å². The first kappa shape index (κ1) is 77.5. The Morgan fingerprint density at radius 2 is 0.858 bits per heavy atom. The van der Waals surface area contributed by atoms with Crippen molar-refractivity contribution in [3.8, 4) is 17.2 Å². The summed E-state index contributed by atoms with van der Waals surface area (Å²) in [4.78, 5) is 57.2. The van der Waals surface area contributed by atoms with Crippen LogP contribution in [0.2, 0.25) is 0 Å². The number of fused-ring (bicyclic) bond motifs is 3. The number of alkyl halides is 11. The number of piperidine rings is 3. The molecule has 3 amide bonds. The lowest BCUT2D eigenvalue weighted by Crippen LogP contribution is -2.44. The minimum absolute atomic E-state index is 0.0103. The standard InChI is InChI=1S/C23H25F4N3O5S.C23H27F2N3O6S.C21H22F5N3O5S/c1-12(21(2,24)25)34-17-5-4-15(36(3,32)33)6-16(17)19(31)30-10-14-9-22(14,11-30)20-28-18(35-29-20)13-7-23(26,27)8-13;1-13(22(3,24)25)33-17-6-5-15(35(4,30)31)7-16(17)18(29)28-9-14-8-23(14,10-28)19-26-20(34-27-19)21(2)11-32-12-21;1-11(19(2,22)23)33-15-5-4-13(35(3,31)32)6-14(15)17(30)29-9-12-7-20(12,10-29)18-27-16(34-28-18)8-21(24,25)26/h4-6,12-14H,7-11H2,1-3H3;5-7,13-14H,8-12H2,1-4H3;4-6,11-12H,7-10H2,1-3H3/t12-,14?,22?;13-,14?,23?;11-,12?,20?/m000/s1. The molecule has 0 bridgehead atoms. The van der Waals surface area contributed by atoms with Crippen LogP contribution in [0.5, 0.6) is 17.2 Å². The number of sulfone groups is 3. The van der Waals surface area contributed by atoms with Crippen molar-refractivity contribution in [2.75, 3.05) is 71.2 Å². The third kappa shape index (κ3) is 15.7. The highest BCUT2D eigenvalue weighted by atomic mass is 32.2. The summed E-state index contributed by atoms with van der Waals surface area (Å²) in [5.74, 6) is -13.9. The Kier molecular flexibility index (Phi) is 19.3. The van der Waals surface area contributed by atoms with E-state index in [1.54, 1.807) is 4.90 Å². The van der Waals surface area contributed by atoms with E-state index in [-0.39, 0.29) is 116 Å². The molecule has 4 saturated carbocycles. The molecule has 0 radical (unpaired) electrons. The van der Waals surface area contributed by atoms with Gasteiger partial charge in [-0.05, 0) is 119 Å². The van der Waals surface area contributed by atoms with Gasteiger partial charge >= 0.3 is 6.18 Å². The number of benzene rings is 3. The zero-order valence-corrected chi connectivity index (χ0v) is 61.0. The van der Waals surface area contributed by atoms with Crippen LogP contribution in [0.1, 0.15) is 153 Å². The molecule has 4 saturated heterocycles. The molecule has 4 aliphatic carbocycles. The van der Waals surface area contributed by atoms with E-state index in [2.05, 4.69) is 30.4 Å². The Morgan fingerprint density at radius 3 is 1.18 bits per heavy atom. The fraction of sp³-hybridized carbons (Fsp3) is 0.597. The summed E-state index contributed by atoms with van der Waals surface area (Å²) in [5, 5.41) is 11.9. The van der Waals surface area contributed by atoms with Crippen molar-refractivity contribution in [1.29, 1.82) is 0 Å². The van der Waals surface area contributed by atoms with Crippen LogP contribution < -0.4 is 14.2 Å². The molecule has 39 heteroatoms. The van der Waals surface area contributed by atoms with Gasteiger partial charge in [-0.2, -0.15) is 28.1 Å². The van der Waals surface area contributed by atoms with Gasteiger partial charge in [-0.25, -0.2) is 60.4 Å². The fourth-order valence-electron chi connectivity index (χ4n) is 13.7. The molecular weight excluding hydrogens is 1490 g/mol. The lowest BCUT2D eigenvalue weighted by Gasteiger charge is -2.34. The van der Waals surface area contributed by atoms with Crippen molar-refractivity contribution in [3.05, 3.63) is 106 Å². The van der Waals surface area contributed by atoms with Crippen molar-refractivity contribution in [2.24, 2.45) is 17.8 Å². The van der Waals surface area contributed by atoms with Gasteiger partial charge in [0.1, 0.15) is 23.7 Å². The summed E-state index contributed by atoms with van der Waals surface area (Å²) in [6.07, 6.45) is -6.32. The maximum atomic E-state index is 13.8. The summed E-state index contributed by atoms with van der Waals surface area (Å²) >= 11 is 0. The number of ether oxygens (including phenoxy) is 4. The summed E-state index contributed by atoms with van der Waals surface area (Å²) in [7, 11) is -11.0. The van der Waals surface area contributed by atoms with Crippen LogP contribution in [-0.2, 0) is 62.3 Å². The van der Waals surface area contributed by atoms with Crippen molar-refractivity contribution in [1.82, 2.24) is 45.1 Å². The number of hydrogen-bond donors (Lipinski definition) is 0. The largest absolute Gasteiger partial charge is 0.484 e. The molecule has 3 aromatic heterocycles. The maximum absolute atomic E-state index is 13.8. The van der Waals surface area contributed by atoms with Crippen LogP contribution in [0.25, 0.3) is 0 Å². The van der Waals surface area contributed by atoms with Gasteiger partial charge in [0.15, 0.2) is 65.3 Å². The van der Waals surface area contributed by atoms with Gasteiger partial charge in [0.2, 0.25) is 23.6 Å². The molecule has 25 nitrogen and oxygen atoms in total. The van der Waals surface area contributed by atoms with Crippen LogP contribution >= 0.6 is 0 Å². The number of amides is 3. The predicted octanol–water partition coefficient (Wildman–Crippen LogP) is 9.83. The molecule has 578 valence electrons. The van der Waals surface area contributed by atoms with Gasteiger partial charge in [-0.3, -0.25) is 14.4 Å². The summed E-state index contributed by atoms with van der Waals surface area (Å²) in [5.41, 5.74) is -2.53. The quantitative estimate of drug-likeness (QED) is 0.0605. The van der Waals surface area contributed by atoms with Gasteiger partial charge in [0.25, 0.3) is 35.5 Å². The third-order valence-electron chi connectivity index (χ3n) is 21.0. The Balaban J connectivity index is 0.000000149. The summed E-state index contributed by atoms with van der Waals surface area (Å²) in [6.45, 7) is 9.99. The molecule has 8 fully saturated rings. The Labute approximate surface area is 600 Å². The van der Waals surface area contributed by atoms with Crippen LogP contribution in [0, 0.1) is 17.8 Å². The van der Waals surface area contributed by atoms with Crippen molar-refractivity contribution < 1.29 is 120 Å². The van der Waals surface area contributed by atoms with Gasteiger partial charge in [-0.15, -0.1) is 0 Å². The van der Waals surface area contributed by atoms with E-state index in [4.69, 9.17) is 32.5 Å². The molecule has 106 heavy (non-hydrogen) atoms. The van der Waals surface area contributed by atoms with Gasteiger partial charge in [0, 0.05) is 97.6 Å². The number of carbonyl (C=O) groups excluding carboxylic acids is 3. The van der Waals surface area contributed by atoms with E-state index in [0.717, 1.165) is 70.2 Å². The number of aromatic nitrogens is 6. The molecule has 6 unspecified atom stereocenters. The van der Waals surface area contributed by atoms with E-state index in [0.29, 0.717) is 77.1 Å². The Morgan fingerprint density at radius 1 is 0.519 bits per heavy atom. The van der Waals surface area contributed by atoms with Crippen molar-refractivity contribution in [2.45, 2.75) is 177 Å². The first-order valence-electron chi connectivity index (χ1n) is 33.4. The van der Waals surface area contributed by atoms with Gasteiger partial charge in [-0.1, -0.05) is 15.5 Å². The topological polar surface area (TPSA) is 317 Å². The van der Waals surface area contributed by atoms with Gasteiger partial charge < -0.3 is 47.2 Å². The zero-order valence-electron chi connectivity index (χ0n) is 58.6. The third-order valence-corrected chi connectivity index (χ3v) is 24.3. The number of rotatable bonds is 21. The van der Waals surface area contributed by atoms with Crippen LogP contribution in [0.4, 0.5) is 48.3 Å². The monoisotopic (exact) mass is 1570 g/mol. The smallest absolute Gasteiger partial charge is 0.397 e. The number of halogens is 11. The molecule has 4 aliphatic heterocycles. The van der Waals surface area contributed by atoms with Crippen LogP contribution in [-0.4, -0.2) is 208 Å². The highest BCUT2D eigenvalue weighted by Crippen LogP contribution is 2.61. The van der Waals surface area contributed by atoms with Gasteiger partial charge in [0.05, 0.1) is 66.3 Å². The number of carbonyl (C=O) groups is 3. The number of likely N-dealkylation sites (tertiary alicyclic amines) is 3. The Bertz CT molecular complexity index is 4800. The molecule has 7 heterocycles. The number of hydrogen-bond acceptors (Lipinski definition) is 22. The van der Waals surface area contributed by atoms with Crippen LogP contribution in [0.3, 0.4) is 0 Å². The molecule has 8 aliphatic rings. The molecular formula is C67H74F11N9O16S3. The second-order valence-corrected chi connectivity index (χ2v) is 35.9. The fourth-order valence-corrected chi connectivity index (χ4v) is 15.7. The second-order valence-electron chi connectivity index (χ2n) is 29.9. The van der Waals surface area contributed by atoms with Crippen molar-refractivity contribution >= 4 is 47.2 Å². The highest BCUT2D eigenvalue weighted by molar-refractivity contribution is 7.91. The first-order valence-corrected chi connectivity index (χ1v) is 39.1. The summed E-state index contributed by atoms with van der Waals surface area (Å²) in [6, 6.07) is 10.6. The minimum atomic E-state index is -4.52.